The summed E-state index contributed by atoms with van der Waals surface area (Å²) in [4.78, 5) is 14.3. The third kappa shape index (κ3) is 4.92. The van der Waals surface area contributed by atoms with Gasteiger partial charge in [0.25, 0.3) is 0 Å². The molecule has 1 aliphatic heterocycles. The Morgan fingerprint density at radius 3 is 2.56 bits per heavy atom. The maximum Gasteiger partial charge on any atom is 0.233 e. The number of nitrogens with zero attached hydrogens (tertiary/aromatic N) is 4. The first-order valence-corrected chi connectivity index (χ1v) is 9.83. The zero-order valence-corrected chi connectivity index (χ0v) is 16.6. The van der Waals surface area contributed by atoms with Gasteiger partial charge < -0.3 is 20.2 Å². The predicted molar refractivity (Wildman–Crippen MR) is 103 cm³/mol. The molecular formula is C18H25N5O3S. The summed E-state index contributed by atoms with van der Waals surface area (Å²) in [5.41, 5.74) is 1.05. The van der Waals surface area contributed by atoms with Crippen molar-refractivity contribution in [2.45, 2.75) is 37.6 Å². The lowest BCUT2D eigenvalue weighted by Gasteiger charge is -2.35. The second kappa shape index (κ2) is 8.62. The van der Waals surface area contributed by atoms with Crippen molar-refractivity contribution in [2.24, 2.45) is 0 Å². The van der Waals surface area contributed by atoms with Crippen LogP contribution < -0.4 is 10.6 Å². The molecule has 27 heavy (non-hydrogen) atoms. The van der Waals surface area contributed by atoms with Crippen LogP contribution in [-0.4, -0.2) is 63.8 Å². The molecule has 1 aromatic heterocycles. The first-order valence-electron chi connectivity index (χ1n) is 8.84. The highest BCUT2D eigenvalue weighted by atomic mass is 32.2. The second-order valence-corrected chi connectivity index (χ2v) is 7.58. The zero-order chi connectivity index (χ0) is 19.4. The van der Waals surface area contributed by atoms with Gasteiger partial charge in [0.15, 0.2) is 5.82 Å². The van der Waals surface area contributed by atoms with Gasteiger partial charge in [0.05, 0.1) is 25.1 Å². The summed E-state index contributed by atoms with van der Waals surface area (Å²) in [6, 6.07) is 7.71. The molecule has 0 aliphatic carbocycles. The number of nitrogens with two attached hydrogens (primary N) is 1. The van der Waals surface area contributed by atoms with Gasteiger partial charge in [-0.3, -0.25) is 4.79 Å². The van der Waals surface area contributed by atoms with Crippen molar-refractivity contribution in [1.82, 2.24) is 19.8 Å². The normalized spacial score (nSPS) is 19.9. The SMILES string of the molecule is COc1ccc(Cc2nnc(SCC(=O)N3C[C@@H](C)O[C@@H](C)C3)n2N)cc1. The molecule has 0 spiro atoms. The summed E-state index contributed by atoms with van der Waals surface area (Å²) in [5.74, 6) is 7.89. The molecule has 0 bridgehead atoms. The largest absolute Gasteiger partial charge is 0.497 e. The van der Waals surface area contributed by atoms with Gasteiger partial charge in [-0.25, -0.2) is 4.68 Å². The van der Waals surface area contributed by atoms with Gasteiger partial charge in [0.2, 0.25) is 11.1 Å². The lowest BCUT2D eigenvalue weighted by Crippen LogP contribution is -2.48. The number of carbonyl (C=O) groups is 1. The highest BCUT2D eigenvalue weighted by Gasteiger charge is 2.26. The van der Waals surface area contributed by atoms with E-state index in [2.05, 4.69) is 10.2 Å². The topological polar surface area (TPSA) is 95.5 Å². The third-order valence-corrected chi connectivity index (χ3v) is 5.28. The van der Waals surface area contributed by atoms with Crippen LogP contribution >= 0.6 is 11.8 Å². The number of hydrogen-bond acceptors (Lipinski definition) is 7. The molecule has 2 heterocycles. The van der Waals surface area contributed by atoms with Crippen LogP contribution in [-0.2, 0) is 16.0 Å². The maximum absolute atomic E-state index is 12.5. The number of hydrogen-bond donors (Lipinski definition) is 1. The van der Waals surface area contributed by atoms with Crippen LogP contribution in [0.1, 0.15) is 25.2 Å². The van der Waals surface area contributed by atoms with Crippen LogP contribution in [0.15, 0.2) is 29.4 Å². The number of benzene rings is 1. The van der Waals surface area contributed by atoms with Crippen molar-refractivity contribution < 1.29 is 14.3 Å². The number of carbonyl (C=O) groups excluding carboxylic acids is 1. The number of rotatable bonds is 6. The molecule has 1 aromatic carbocycles. The fraction of sp³-hybridized carbons (Fsp3) is 0.500. The van der Waals surface area contributed by atoms with Crippen LogP contribution in [0.4, 0.5) is 0 Å². The number of methoxy groups -OCH3 is 1. The Morgan fingerprint density at radius 1 is 1.26 bits per heavy atom. The summed E-state index contributed by atoms with van der Waals surface area (Å²) in [5, 5.41) is 8.81. The quantitative estimate of drug-likeness (QED) is 0.586. The average Bonchev–Trinajstić information content (AvgIpc) is 2.99. The lowest BCUT2D eigenvalue weighted by atomic mass is 10.1. The van der Waals surface area contributed by atoms with E-state index in [1.165, 1.54) is 16.4 Å². The van der Waals surface area contributed by atoms with E-state index in [4.69, 9.17) is 15.3 Å². The molecule has 2 atom stereocenters. The molecule has 1 aliphatic rings. The molecule has 0 unspecified atom stereocenters. The summed E-state index contributed by atoms with van der Waals surface area (Å²) >= 11 is 1.30. The van der Waals surface area contributed by atoms with Crippen molar-refractivity contribution in [3.05, 3.63) is 35.7 Å². The molecule has 2 N–H and O–H groups in total. The Kier molecular flexibility index (Phi) is 6.22. The molecule has 0 radical (unpaired) electrons. The van der Waals surface area contributed by atoms with E-state index in [9.17, 15) is 4.79 Å². The van der Waals surface area contributed by atoms with Gasteiger partial charge >= 0.3 is 0 Å². The van der Waals surface area contributed by atoms with E-state index in [1.807, 2.05) is 43.0 Å². The van der Waals surface area contributed by atoms with Crippen LogP contribution in [0.25, 0.3) is 0 Å². The van der Waals surface area contributed by atoms with Gasteiger partial charge in [0.1, 0.15) is 5.75 Å². The fourth-order valence-electron chi connectivity index (χ4n) is 3.05. The van der Waals surface area contributed by atoms with Gasteiger partial charge in [-0.2, -0.15) is 0 Å². The second-order valence-electron chi connectivity index (χ2n) is 6.64. The van der Waals surface area contributed by atoms with E-state index in [0.717, 1.165) is 11.3 Å². The number of amides is 1. The summed E-state index contributed by atoms with van der Waals surface area (Å²) in [6.45, 7) is 5.18. The third-order valence-electron chi connectivity index (χ3n) is 4.35. The molecule has 3 rings (SSSR count). The number of morpholine rings is 1. The van der Waals surface area contributed by atoms with Crippen LogP contribution in [0.5, 0.6) is 5.75 Å². The van der Waals surface area contributed by atoms with E-state index >= 15 is 0 Å². The molecule has 9 heteroatoms. The van der Waals surface area contributed by atoms with Crippen LogP contribution in [0, 0.1) is 0 Å². The minimum absolute atomic E-state index is 0.0527. The van der Waals surface area contributed by atoms with Gasteiger partial charge in [-0.15, -0.1) is 10.2 Å². The van der Waals surface area contributed by atoms with Crippen LogP contribution in [0.2, 0.25) is 0 Å². The highest BCUT2D eigenvalue weighted by molar-refractivity contribution is 7.99. The van der Waals surface area contributed by atoms with E-state index in [1.54, 1.807) is 7.11 Å². The first-order chi connectivity index (χ1) is 13.0. The lowest BCUT2D eigenvalue weighted by molar-refractivity contribution is -0.140. The Hall–Kier alpha value is -2.26. The average molecular weight is 391 g/mol. The fourth-order valence-corrected chi connectivity index (χ4v) is 3.83. The molecule has 0 saturated carbocycles. The maximum atomic E-state index is 12.5. The molecule has 1 amide bonds. The van der Waals surface area contributed by atoms with Crippen molar-refractivity contribution in [3.63, 3.8) is 0 Å². The van der Waals surface area contributed by atoms with Crippen LogP contribution in [0.3, 0.4) is 0 Å². The number of thioether (sulfide) groups is 1. The Morgan fingerprint density at radius 2 is 1.93 bits per heavy atom. The number of nitrogen functional groups attached to an aromatic ring is 1. The molecule has 8 nitrogen and oxygen atoms in total. The van der Waals surface area contributed by atoms with E-state index in [0.29, 0.717) is 30.5 Å². The van der Waals surface area contributed by atoms with Crippen molar-refractivity contribution >= 4 is 17.7 Å². The first kappa shape index (κ1) is 19.5. The van der Waals surface area contributed by atoms with Crippen molar-refractivity contribution in [2.75, 3.05) is 31.8 Å². The summed E-state index contributed by atoms with van der Waals surface area (Å²) in [6.07, 6.45) is 0.662. The molecule has 146 valence electrons. The van der Waals surface area contributed by atoms with E-state index in [-0.39, 0.29) is 23.9 Å². The van der Waals surface area contributed by atoms with Gasteiger partial charge in [-0.1, -0.05) is 23.9 Å². The minimum atomic E-state index is 0.0527. The van der Waals surface area contributed by atoms with Crippen molar-refractivity contribution in [1.29, 1.82) is 0 Å². The van der Waals surface area contributed by atoms with Gasteiger partial charge in [-0.05, 0) is 31.5 Å². The molecule has 1 saturated heterocycles. The summed E-state index contributed by atoms with van der Waals surface area (Å²) < 4.78 is 12.3. The molecular weight excluding hydrogens is 366 g/mol. The molecule has 2 aromatic rings. The van der Waals surface area contributed by atoms with Crippen molar-refractivity contribution in [3.8, 4) is 5.75 Å². The zero-order valence-electron chi connectivity index (χ0n) is 15.8. The Balaban J connectivity index is 1.57. The Bertz CT molecular complexity index is 770. The Labute approximate surface area is 163 Å². The summed E-state index contributed by atoms with van der Waals surface area (Å²) in [7, 11) is 1.63. The smallest absolute Gasteiger partial charge is 0.233 e. The standard InChI is InChI=1S/C18H25N5O3S/c1-12-9-22(10-13(2)26-12)17(24)11-27-18-21-20-16(23(18)19)8-14-4-6-15(25-3)7-5-14/h4-7,12-13H,8-11,19H2,1-3H3/t12-,13+. The number of aromatic nitrogens is 3. The minimum Gasteiger partial charge on any atom is -0.497 e. The monoisotopic (exact) mass is 391 g/mol. The highest BCUT2D eigenvalue weighted by Crippen LogP contribution is 2.19. The number of ether oxygens (including phenoxy) is 2. The van der Waals surface area contributed by atoms with E-state index < -0.39 is 0 Å². The predicted octanol–water partition coefficient (Wildman–Crippen LogP) is 1.32. The van der Waals surface area contributed by atoms with Gasteiger partial charge in [0, 0.05) is 19.5 Å². The molecule has 1 fully saturated rings.